The molecule has 1 unspecified atom stereocenters. The summed E-state index contributed by atoms with van der Waals surface area (Å²) in [5.74, 6) is 1.55. The van der Waals surface area contributed by atoms with E-state index in [0.717, 1.165) is 11.3 Å². The van der Waals surface area contributed by atoms with Gasteiger partial charge < -0.3 is 15.4 Å². The standard InChI is InChI=1S/C24H21N7O2/c1-15-20(23(32)28-17-6-5-12-25-14-17)21(19-7-3-4-13-26-19)31-24(27-15)29-22(30-31)16-8-10-18(33-2)11-9-16/h3-14,21H,1-2H3,(H,28,32)(H,27,29,30). The summed E-state index contributed by atoms with van der Waals surface area (Å²) in [6.07, 6.45) is 4.95. The van der Waals surface area contributed by atoms with Gasteiger partial charge >= 0.3 is 0 Å². The molecule has 1 aromatic carbocycles. The molecule has 0 saturated carbocycles. The van der Waals surface area contributed by atoms with E-state index in [9.17, 15) is 4.79 Å². The van der Waals surface area contributed by atoms with Gasteiger partial charge in [-0.05, 0) is 55.5 Å². The fourth-order valence-corrected chi connectivity index (χ4v) is 3.75. The van der Waals surface area contributed by atoms with E-state index < -0.39 is 6.04 Å². The highest BCUT2D eigenvalue weighted by Crippen LogP contribution is 2.36. The van der Waals surface area contributed by atoms with E-state index in [2.05, 4.69) is 25.6 Å². The highest BCUT2D eigenvalue weighted by Gasteiger charge is 2.35. The molecule has 0 spiro atoms. The summed E-state index contributed by atoms with van der Waals surface area (Å²) in [6, 6.07) is 16.1. The van der Waals surface area contributed by atoms with Gasteiger partial charge in [0.15, 0.2) is 5.82 Å². The predicted octanol–water partition coefficient (Wildman–Crippen LogP) is 3.67. The fraction of sp³-hybridized carbons (Fsp3) is 0.125. The number of hydrogen-bond donors (Lipinski definition) is 2. The van der Waals surface area contributed by atoms with Crippen molar-refractivity contribution < 1.29 is 9.53 Å². The van der Waals surface area contributed by atoms with Crippen LogP contribution in [0.4, 0.5) is 11.6 Å². The Kier molecular flexibility index (Phi) is 5.27. The molecule has 9 heteroatoms. The first-order chi connectivity index (χ1) is 16.1. The average Bonchev–Trinajstić information content (AvgIpc) is 3.28. The highest BCUT2D eigenvalue weighted by molar-refractivity contribution is 6.05. The number of aromatic nitrogens is 5. The van der Waals surface area contributed by atoms with Crippen LogP contribution in [0.25, 0.3) is 11.4 Å². The number of rotatable bonds is 5. The van der Waals surface area contributed by atoms with Gasteiger partial charge in [0.2, 0.25) is 5.95 Å². The maximum atomic E-state index is 13.4. The number of methoxy groups -OCH3 is 1. The lowest BCUT2D eigenvalue weighted by Crippen LogP contribution is -2.32. The minimum Gasteiger partial charge on any atom is -0.497 e. The van der Waals surface area contributed by atoms with Crippen LogP contribution in [-0.4, -0.2) is 37.7 Å². The lowest BCUT2D eigenvalue weighted by molar-refractivity contribution is -0.113. The van der Waals surface area contributed by atoms with Crippen molar-refractivity contribution in [2.75, 3.05) is 17.7 Å². The van der Waals surface area contributed by atoms with Crippen molar-refractivity contribution in [3.63, 3.8) is 0 Å². The van der Waals surface area contributed by atoms with E-state index in [1.807, 2.05) is 49.4 Å². The monoisotopic (exact) mass is 439 g/mol. The number of carbonyl (C=O) groups excluding carboxylic acids is 1. The normalized spacial score (nSPS) is 14.9. The molecule has 164 valence electrons. The molecule has 4 heterocycles. The second kappa shape index (κ2) is 8.54. The number of carbonyl (C=O) groups is 1. The first-order valence-corrected chi connectivity index (χ1v) is 10.3. The van der Waals surface area contributed by atoms with Crippen molar-refractivity contribution in [2.45, 2.75) is 13.0 Å². The zero-order valence-corrected chi connectivity index (χ0v) is 18.1. The number of hydrogen-bond acceptors (Lipinski definition) is 7. The topological polar surface area (TPSA) is 107 Å². The number of nitrogens with zero attached hydrogens (tertiary/aromatic N) is 5. The first-order valence-electron chi connectivity index (χ1n) is 10.3. The molecule has 1 aliphatic heterocycles. The van der Waals surface area contributed by atoms with E-state index in [1.165, 1.54) is 0 Å². The molecule has 0 aliphatic carbocycles. The van der Waals surface area contributed by atoms with Gasteiger partial charge in [0.1, 0.15) is 11.8 Å². The second-order valence-electron chi connectivity index (χ2n) is 7.45. The molecule has 2 N–H and O–H groups in total. The number of nitrogens with one attached hydrogen (secondary N) is 2. The maximum Gasteiger partial charge on any atom is 0.255 e. The lowest BCUT2D eigenvalue weighted by atomic mass is 9.98. The van der Waals surface area contributed by atoms with Crippen LogP contribution in [-0.2, 0) is 4.79 Å². The third kappa shape index (κ3) is 3.91. The van der Waals surface area contributed by atoms with Crippen LogP contribution < -0.4 is 15.4 Å². The molecule has 1 aliphatic rings. The number of anilines is 2. The van der Waals surface area contributed by atoms with E-state index in [-0.39, 0.29) is 5.91 Å². The van der Waals surface area contributed by atoms with E-state index >= 15 is 0 Å². The van der Waals surface area contributed by atoms with Crippen LogP contribution in [0.5, 0.6) is 5.75 Å². The molecule has 9 nitrogen and oxygen atoms in total. The Labute approximate surface area is 190 Å². The summed E-state index contributed by atoms with van der Waals surface area (Å²) in [5, 5.41) is 10.9. The summed E-state index contributed by atoms with van der Waals surface area (Å²) < 4.78 is 6.94. The van der Waals surface area contributed by atoms with Crippen LogP contribution in [0, 0.1) is 0 Å². The first kappa shape index (κ1) is 20.4. The highest BCUT2D eigenvalue weighted by atomic mass is 16.5. The Balaban J connectivity index is 1.57. The van der Waals surface area contributed by atoms with Gasteiger partial charge in [-0.25, -0.2) is 4.68 Å². The Hall–Kier alpha value is -4.53. The van der Waals surface area contributed by atoms with Crippen molar-refractivity contribution in [3.8, 4) is 17.1 Å². The van der Waals surface area contributed by atoms with E-state index in [4.69, 9.17) is 9.84 Å². The number of pyridine rings is 2. The van der Waals surface area contributed by atoms with Gasteiger partial charge in [-0.1, -0.05) is 6.07 Å². The van der Waals surface area contributed by atoms with Crippen LogP contribution in [0.15, 0.2) is 84.5 Å². The predicted molar refractivity (Wildman–Crippen MR) is 124 cm³/mol. The maximum absolute atomic E-state index is 13.4. The third-order valence-electron chi connectivity index (χ3n) is 5.33. The molecule has 1 amide bonds. The van der Waals surface area contributed by atoms with Crippen LogP contribution >= 0.6 is 0 Å². The summed E-state index contributed by atoms with van der Waals surface area (Å²) in [6.45, 7) is 1.85. The number of fused-ring (bicyclic) bond motifs is 1. The molecule has 0 saturated heterocycles. The molecule has 0 fully saturated rings. The third-order valence-corrected chi connectivity index (χ3v) is 5.33. The number of allylic oxidation sites excluding steroid dienone is 1. The molecule has 33 heavy (non-hydrogen) atoms. The van der Waals surface area contributed by atoms with Crippen LogP contribution in [0.2, 0.25) is 0 Å². The van der Waals surface area contributed by atoms with Gasteiger partial charge in [-0.3, -0.25) is 14.8 Å². The van der Waals surface area contributed by atoms with Crippen LogP contribution in [0.1, 0.15) is 18.7 Å². The summed E-state index contributed by atoms with van der Waals surface area (Å²) in [5.41, 5.74) is 3.29. The number of benzene rings is 1. The number of ether oxygens (including phenoxy) is 1. The van der Waals surface area contributed by atoms with Crippen molar-refractivity contribution in [1.82, 2.24) is 24.7 Å². The second-order valence-corrected chi connectivity index (χ2v) is 7.45. The fourth-order valence-electron chi connectivity index (χ4n) is 3.75. The Morgan fingerprint density at radius 1 is 1.09 bits per heavy atom. The van der Waals surface area contributed by atoms with E-state index in [1.54, 1.807) is 42.5 Å². The van der Waals surface area contributed by atoms with E-state index in [0.29, 0.717) is 34.4 Å². The average molecular weight is 439 g/mol. The Morgan fingerprint density at radius 2 is 1.94 bits per heavy atom. The zero-order chi connectivity index (χ0) is 22.8. The Morgan fingerprint density at radius 3 is 2.64 bits per heavy atom. The SMILES string of the molecule is COc1ccc(-c2nc3n(n2)C(c2ccccn2)C(C(=O)Nc2cccnc2)=C(C)N3)cc1. The molecular weight excluding hydrogens is 418 g/mol. The molecular formula is C24H21N7O2. The number of amides is 1. The smallest absolute Gasteiger partial charge is 0.255 e. The zero-order valence-electron chi connectivity index (χ0n) is 18.1. The van der Waals surface area contributed by atoms with Gasteiger partial charge in [0.25, 0.3) is 5.91 Å². The molecule has 0 bridgehead atoms. The van der Waals surface area contributed by atoms with Gasteiger partial charge in [0.05, 0.1) is 30.3 Å². The lowest BCUT2D eigenvalue weighted by Gasteiger charge is -2.27. The van der Waals surface area contributed by atoms with Crippen molar-refractivity contribution in [3.05, 3.63) is 90.2 Å². The van der Waals surface area contributed by atoms with Gasteiger partial charge in [-0.15, -0.1) is 5.10 Å². The summed E-state index contributed by atoms with van der Waals surface area (Å²) in [7, 11) is 1.62. The Bertz CT molecular complexity index is 1320. The van der Waals surface area contributed by atoms with Crippen molar-refractivity contribution in [1.29, 1.82) is 0 Å². The van der Waals surface area contributed by atoms with Crippen molar-refractivity contribution >= 4 is 17.5 Å². The minimum absolute atomic E-state index is 0.268. The summed E-state index contributed by atoms with van der Waals surface area (Å²) in [4.78, 5) is 26.6. The molecule has 0 radical (unpaired) electrons. The molecule has 1 atom stereocenters. The quantitative estimate of drug-likeness (QED) is 0.489. The van der Waals surface area contributed by atoms with Gasteiger partial charge in [-0.2, -0.15) is 4.98 Å². The van der Waals surface area contributed by atoms with Gasteiger partial charge in [0, 0.05) is 23.7 Å². The van der Waals surface area contributed by atoms with Crippen LogP contribution in [0.3, 0.4) is 0 Å². The molecule has 5 rings (SSSR count). The molecule has 4 aromatic rings. The largest absolute Gasteiger partial charge is 0.497 e. The minimum atomic E-state index is -0.557. The molecule has 3 aromatic heterocycles. The van der Waals surface area contributed by atoms with Crippen molar-refractivity contribution in [2.24, 2.45) is 0 Å². The summed E-state index contributed by atoms with van der Waals surface area (Å²) >= 11 is 0.